The lowest BCUT2D eigenvalue weighted by Gasteiger charge is -2.38. The lowest BCUT2D eigenvalue weighted by Crippen LogP contribution is -2.48. The van der Waals surface area contributed by atoms with Gasteiger partial charge in [-0.25, -0.2) is 0 Å². The molecule has 1 saturated carbocycles. The van der Waals surface area contributed by atoms with Gasteiger partial charge in [0.05, 0.1) is 6.07 Å². The van der Waals surface area contributed by atoms with Gasteiger partial charge in [0.1, 0.15) is 5.54 Å². The van der Waals surface area contributed by atoms with Gasteiger partial charge in [-0.15, -0.1) is 0 Å². The third kappa shape index (κ3) is 3.60. The van der Waals surface area contributed by atoms with Gasteiger partial charge in [0, 0.05) is 17.1 Å². The van der Waals surface area contributed by atoms with E-state index in [1.807, 2.05) is 7.05 Å². The van der Waals surface area contributed by atoms with E-state index in [9.17, 15) is 5.26 Å². The van der Waals surface area contributed by atoms with E-state index in [1.54, 1.807) is 0 Å². The zero-order valence-electron chi connectivity index (χ0n) is 12.2. The molecule has 4 heteroatoms. The van der Waals surface area contributed by atoms with Crippen LogP contribution in [0.25, 0.3) is 0 Å². The summed E-state index contributed by atoms with van der Waals surface area (Å²) in [6.07, 6.45) is 4.04. The van der Waals surface area contributed by atoms with E-state index in [1.165, 1.54) is 5.56 Å². The van der Waals surface area contributed by atoms with E-state index in [0.717, 1.165) is 36.7 Å². The minimum Gasteiger partial charge on any atom is -0.302 e. The van der Waals surface area contributed by atoms with Gasteiger partial charge in [-0.05, 0) is 57.5 Å². The Morgan fingerprint density at radius 2 is 2.15 bits per heavy atom. The van der Waals surface area contributed by atoms with Crippen LogP contribution in [0.4, 0.5) is 0 Å². The summed E-state index contributed by atoms with van der Waals surface area (Å²) in [6.45, 7) is 0.962. The van der Waals surface area contributed by atoms with Crippen molar-refractivity contribution in [1.82, 2.24) is 10.2 Å². The molecule has 1 aromatic carbocycles. The van der Waals surface area contributed by atoms with Gasteiger partial charge < -0.3 is 5.32 Å². The molecule has 0 unspecified atom stereocenters. The van der Waals surface area contributed by atoms with Gasteiger partial charge in [0.15, 0.2) is 0 Å². The second kappa shape index (κ2) is 6.71. The zero-order chi connectivity index (χ0) is 14.6. The van der Waals surface area contributed by atoms with Crippen molar-refractivity contribution >= 4 is 15.9 Å². The number of halogens is 1. The Hall–Kier alpha value is -0.890. The summed E-state index contributed by atoms with van der Waals surface area (Å²) in [5.74, 6) is 0. The van der Waals surface area contributed by atoms with E-state index in [-0.39, 0.29) is 5.54 Å². The Balaban J connectivity index is 1.92. The number of nitrogens with zero attached hydrogens (tertiary/aromatic N) is 2. The molecule has 0 bridgehead atoms. The second-order valence-electron chi connectivity index (χ2n) is 5.72. The molecule has 1 fully saturated rings. The van der Waals surface area contributed by atoms with Crippen LogP contribution in [-0.2, 0) is 6.54 Å². The summed E-state index contributed by atoms with van der Waals surface area (Å²) >= 11 is 3.52. The average Bonchev–Trinajstić information content (AvgIpc) is 2.47. The topological polar surface area (TPSA) is 39.1 Å². The Morgan fingerprint density at radius 3 is 2.70 bits per heavy atom. The maximum absolute atomic E-state index is 9.30. The summed E-state index contributed by atoms with van der Waals surface area (Å²) in [5.41, 5.74) is 1.03. The molecule has 0 atom stereocenters. The average molecular weight is 336 g/mol. The summed E-state index contributed by atoms with van der Waals surface area (Å²) in [6, 6.07) is 11.5. The standard InChI is InChI=1S/C16H22BrN3/c1-19-16(12-18)8-6-15(7-9-16)20(2)11-13-4-3-5-14(17)10-13/h3-5,10,15,19H,6-9,11H2,1-2H3. The van der Waals surface area contributed by atoms with Gasteiger partial charge in [0.25, 0.3) is 0 Å². The number of rotatable bonds is 4. The van der Waals surface area contributed by atoms with Crippen LogP contribution in [0.15, 0.2) is 28.7 Å². The maximum Gasteiger partial charge on any atom is 0.106 e. The first-order valence-corrected chi connectivity index (χ1v) is 7.93. The van der Waals surface area contributed by atoms with Crippen LogP contribution in [0.1, 0.15) is 31.2 Å². The van der Waals surface area contributed by atoms with Crippen molar-refractivity contribution in [2.24, 2.45) is 0 Å². The molecule has 108 valence electrons. The third-order valence-corrected chi connectivity index (χ3v) is 4.94. The van der Waals surface area contributed by atoms with Crippen molar-refractivity contribution in [2.75, 3.05) is 14.1 Å². The fraction of sp³-hybridized carbons (Fsp3) is 0.562. The number of hydrogen-bond donors (Lipinski definition) is 1. The molecule has 0 amide bonds. The fourth-order valence-electron chi connectivity index (χ4n) is 3.01. The number of hydrogen-bond acceptors (Lipinski definition) is 3. The van der Waals surface area contributed by atoms with Gasteiger partial charge in [0.2, 0.25) is 0 Å². The molecule has 0 aromatic heterocycles. The zero-order valence-corrected chi connectivity index (χ0v) is 13.8. The summed E-state index contributed by atoms with van der Waals surface area (Å²) < 4.78 is 1.13. The first kappa shape index (κ1) is 15.5. The highest BCUT2D eigenvalue weighted by Gasteiger charge is 2.35. The van der Waals surface area contributed by atoms with E-state index < -0.39 is 0 Å². The first-order chi connectivity index (χ1) is 9.58. The van der Waals surface area contributed by atoms with Gasteiger partial charge in [-0.2, -0.15) is 5.26 Å². The van der Waals surface area contributed by atoms with E-state index >= 15 is 0 Å². The summed E-state index contributed by atoms with van der Waals surface area (Å²) in [5, 5.41) is 12.5. The molecule has 1 aliphatic rings. The third-order valence-electron chi connectivity index (χ3n) is 4.45. The van der Waals surface area contributed by atoms with Crippen LogP contribution in [-0.4, -0.2) is 30.6 Å². The maximum atomic E-state index is 9.30. The molecule has 0 radical (unpaired) electrons. The lowest BCUT2D eigenvalue weighted by atomic mass is 9.80. The van der Waals surface area contributed by atoms with Gasteiger partial charge in [-0.3, -0.25) is 4.90 Å². The lowest BCUT2D eigenvalue weighted by molar-refractivity contribution is 0.151. The summed E-state index contributed by atoms with van der Waals surface area (Å²) in [7, 11) is 4.08. The molecule has 0 heterocycles. The first-order valence-electron chi connectivity index (χ1n) is 7.13. The van der Waals surface area contributed by atoms with Crippen LogP contribution >= 0.6 is 15.9 Å². The quantitative estimate of drug-likeness (QED) is 0.917. The molecule has 1 aromatic rings. The smallest absolute Gasteiger partial charge is 0.106 e. The molecule has 1 N–H and O–H groups in total. The second-order valence-corrected chi connectivity index (χ2v) is 6.64. The molecular formula is C16H22BrN3. The molecule has 0 spiro atoms. The molecule has 3 nitrogen and oxygen atoms in total. The van der Waals surface area contributed by atoms with E-state index in [2.05, 4.69) is 63.5 Å². The number of nitrogens with one attached hydrogen (secondary N) is 1. The minimum absolute atomic E-state index is 0.298. The highest BCUT2D eigenvalue weighted by molar-refractivity contribution is 9.10. The highest BCUT2D eigenvalue weighted by Crippen LogP contribution is 2.30. The molecular weight excluding hydrogens is 314 g/mol. The van der Waals surface area contributed by atoms with E-state index in [4.69, 9.17) is 0 Å². The molecule has 0 saturated heterocycles. The Kier molecular flexibility index (Phi) is 5.20. The molecule has 20 heavy (non-hydrogen) atoms. The minimum atomic E-state index is -0.298. The van der Waals surface area contributed by atoms with Crippen LogP contribution in [0.2, 0.25) is 0 Å². The normalized spacial score (nSPS) is 26.4. The Morgan fingerprint density at radius 1 is 1.45 bits per heavy atom. The van der Waals surface area contributed by atoms with Crippen molar-refractivity contribution < 1.29 is 0 Å². The number of nitriles is 1. The molecule has 0 aliphatic heterocycles. The van der Waals surface area contributed by atoms with Crippen molar-refractivity contribution in [2.45, 2.75) is 43.8 Å². The Bertz CT molecular complexity index is 487. The fourth-order valence-corrected chi connectivity index (χ4v) is 3.45. The Labute approximate surface area is 130 Å². The van der Waals surface area contributed by atoms with Crippen LogP contribution < -0.4 is 5.32 Å². The van der Waals surface area contributed by atoms with Crippen molar-refractivity contribution in [1.29, 1.82) is 5.26 Å². The predicted molar refractivity (Wildman–Crippen MR) is 85.3 cm³/mol. The van der Waals surface area contributed by atoms with Crippen LogP contribution in [0.5, 0.6) is 0 Å². The van der Waals surface area contributed by atoms with Crippen molar-refractivity contribution in [3.05, 3.63) is 34.3 Å². The van der Waals surface area contributed by atoms with Crippen LogP contribution in [0.3, 0.4) is 0 Å². The van der Waals surface area contributed by atoms with Gasteiger partial charge in [-0.1, -0.05) is 28.1 Å². The summed E-state index contributed by atoms with van der Waals surface area (Å²) in [4.78, 5) is 2.42. The van der Waals surface area contributed by atoms with Crippen molar-refractivity contribution in [3.8, 4) is 6.07 Å². The van der Waals surface area contributed by atoms with Crippen molar-refractivity contribution in [3.63, 3.8) is 0 Å². The molecule has 1 aliphatic carbocycles. The number of benzene rings is 1. The van der Waals surface area contributed by atoms with Crippen LogP contribution in [0, 0.1) is 11.3 Å². The van der Waals surface area contributed by atoms with Gasteiger partial charge >= 0.3 is 0 Å². The SMILES string of the molecule is CNC1(C#N)CCC(N(C)Cc2cccc(Br)c2)CC1. The largest absolute Gasteiger partial charge is 0.302 e. The monoisotopic (exact) mass is 335 g/mol. The molecule has 2 rings (SSSR count). The highest BCUT2D eigenvalue weighted by atomic mass is 79.9. The predicted octanol–water partition coefficient (Wildman–Crippen LogP) is 3.31. The van der Waals surface area contributed by atoms with E-state index in [0.29, 0.717) is 6.04 Å².